The minimum absolute atomic E-state index is 0.228. The van der Waals surface area contributed by atoms with E-state index in [-0.39, 0.29) is 16.9 Å². The van der Waals surface area contributed by atoms with Crippen LogP contribution in [0.3, 0.4) is 0 Å². The summed E-state index contributed by atoms with van der Waals surface area (Å²) in [4.78, 5) is 38.4. The lowest BCUT2D eigenvalue weighted by Gasteiger charge is -2.11. The van der Waals surface area contributed by atoms with Gasteiger partial charge in [-0.1, -0.05) is 42.5 Å². The summed E-state index contributed by atoms with van der Waals surface area (Å²) in [7, 11) is 0. The highest BCUT2D eigenvalue weighted by atomic mass is 16.6. The molecule has 0 bridgehead atoms. The van der Waals surface area contributed by atoms with Gasteiger partial charge in [-0.2, -0.15) is 4.90 Å². The fraction of sp³-hybridized carbons (Fsp3) is 0.0500. The van der Waals surface area contributed by atoms with Crippen molar-refractivity contribution in [2.45, 2.75) is 6.92 Å². The van der Waals surface area contributed by atoms with Crippen LogP contribution in [-0.2, 0) is 0 Å². The number of hydrogen-bond donors (Lipinski definition) is 0. The number of aryl methyl sites for hydroxylation is 1. The standard InChI is InChI=1S/C20H13NO4/c1-12-11-16-17(15-10-6-5-9-14(12)15)19(23)21(18(16)22)20(24)25-13-7-3-2-4-8-13/h2-11H,1H3. The minimum atomic E-state index is -1.00. The fourth-order valence-corrected chi connectivity index (χ4v) is 3.08. The van der Waals surface area contributed by atoms with Gasteiger partial charge in [0.05, 0.1) is 11.1 Å². The number of fused-ring (bicyclic) bond motifs is 3. The number of benzene rings is 3. The molecule has 0 unspecified atom stereocenters. The summed E-state index contributed by atoms with van der Waals surface area (Å²) in [5.74, 6) is -1.04. The molecule has 0 radical (unpaired) electrons. The normalized spacial score (nSPS) is 13.2. The van der Waals surface area contributed by atoms with Gasteiger partial charge in [0.25, 0.3) is 11.8 Å². The molecule has 0 spiro atoms. The van der Waals surface area contributed by atoms with E-state index in [0.29, 0.717) is 10.3 Å². The molecule has 122 valence electrons. The van der Waals surface area contributed by atoms with E-state index in [1.165, 1.54) is 0 Å². The van der Waals surface area contributed by atoms with E-state index in [1.54, 1.807) is 48.5 Å². The third-order valence-electron chi connectivity index (χ3n) is 4.23. The average Bonchev–Trinajstić information content (AvgIpc) is 2.87. The lowest BCUT2D eigenvalue weighted by atomic mass is 9.96. The first-order valence-electron chi connectivity index (χ1n) is 7.76. The molecule has 0 saturated heterocycles. The molecule has 1 aliphatic rings. The summed E-state index contributed by atoms with van der Waals surface area (Å²) < 4.78 is 5.16. The second-order valence-electron chi connectivity index (χ2n) is 5.79. The maximum absolute atomic E-state index is 12.8. The number of hydrogen-bond acceptors (Lipinski definition) is 4. The summed E-state index contributed by atoms with van der Waals surface area (Å²) in [5.41, 5.74) is 1.34. The van der Waals surface area contributed by atoms with Crippen molar-refractivity contribution in [3.63, 3.8) is 0 Å². The van der Waals surface area contributed by atoms with Crippen molar-refractivity contribution in [3.8, 4) is 5.75 Å². The van der Waals surface area contributed by atoms with Gasteiger partial charge in [0.1, 0.15) is 5.75 Å². The van der Waals surface area contributed by atoms with Gasteiger partial charge < -0.3 is 4.74 Å². The number of carbonyl (C=O) groups is 3. The van der Waals surface area contributed by atoms with Gasteiger partial charge in [-0.05, 0) is 41.5 Å². The first-order valence-corrected chi connectivity index (χ1v) is 7.76. The Morgan fingerprint density at radius 3 is 2.24 bits per heavy atom. The van der Waals surface area contributed by atoms with Crippen molar-refractivity contribution in [1.29, 1.82) is 0 Å². The number of amides is 3. The highest BCUT2D eigenvalue weighted by molar-refractivity contribution is 6.32. The molecule has 1 aliphatic heterocycles. The van der Waals surface area contributed by atoms with E-state index >= 15 is 0 Å². The molecule has 0 saturated carbocycles. The molecule has 0 aromatic heterocycles. The summed E-state index contributed by atoms with van der Waals surface area (Å²) in [5, 5.41) is 1.53. The molecular weight excluding hydrogens is 318 g/mol. The quantitative estimate of drug-likeness (QED) is 0.634. The minimum Gasteiger partial charge on any atom is -0.410 e. The summed E-state index contributed by atoms with van der Waals surface area (Å²) >= 11 is 0. The molecule has 4 rings (SSSR count). The number of para-hydroxylation sites is 1. The van der Waals surface area contributed by atoms with Crippen LogP contribution >= 0.6 is 0 Å². The van der Waals surface area contributed by atoms with Crippen LogP contribution < -0.4 is 4.74 Å². The highest BCUT2D eigenvalue weighted by Crippen LogP contribution is 2.33. The molecule has 25 heavy (non-hydrogen) atoms. The van der Waals surface area contributed by atoms with Crippen LogP contribution in [0.5, 0.6) is 5.75 Å². The predicted octanol–water partition coefficient (Wildman–Crippen LogP) is 3.94. The first-order chi connectivity index (χ1) is 12.1. The number of rotatable bonds is 1. The van der Waals surface area contributed by atoms with Crippen molar-refractivity contribution < 1.29 is 19.1 Å². The molecule has 3 aromatic rings. The summed E-state index contributed by atoms with van der Waals surface area (Å²) in [6.45, 7) is 1.87. The van der Waals surface area contributed by atoms with E-state index < -0.39 is 17.9 Å². The third-order valence-corrected chi connectivity index (χ3v) is 4.23. The van der Waals surface area contributed by atoms with Crippen LogP contribution in [0.2, 0.25) is 0 Å². The molecular formula is C20H13NO4. The zero-order chi connectivity index (χ0) is 17.6. The average molecular weight is 331 g/mol. The Kier molecular flexibility index (Phi) is 3.35. The Hall–Kier alpha value is -3.47. The SMILES string of the molecule is Cc1cc2c(c3ccccc13)C(=O)N(C(=O)Oc1ccccc1)C2=O. The number of carbonyl (C=O) groups excluding carboxylic acids is 3. The molecule has 0 fully saturated rings. The van der Waals surface area contributed by atoms with Crippen LogP contribution in [0.15, 0.2) is 60.7 Å². The Bertz CT molecular complexity index is 1040. The Balaban J connectivity index is 1.78. The predicted molar refractivity (Wildman–Crippen MR) is 91.7 cm³/mol. The molecule has 5 nitrogen and oxygen atoms in total. The maximum Gasteiger partial charge on any atom is 0.429 e. The van der Waals surface area contributed by atoms with E-state index in [2.05, 4.69) is 0 Å². The summed E-state index contributed by atoms with van der Waals surface area (Å²) in [6, 6.07) is 17.3. The van der Waals surface area contributed by atoms with Crippen molar-refractivity contribution in [3.05, 3.63) is 77.4 Å². The maximum atomic E-state index is 12.8. The zero-order valence-electron chi connectivity index (χ0n) is 13.4. The second kappa shape index (κ2) is 5.56. The van der Waals surface area contributed by atoms with Crippen molar-refractivity contribution >= 4 is 28.7 Å². The lowest BCUT2D eigenvalue weighted by molar-refractivity contribution is 0.0660. The first kappa shape index (κ1) is 15.1. The van der Waals surface area contributed by atoms with Crippen LogP contribution in [-0.4, -0.2) is 22.8 Å². The number of ether oxygens (including phenoxy) is 1. The smallest absolute Gasteiger partial charge is 0.410 e. The molecule has 5 heteroatoms. The highest BCUT2D eigenvalue weighted by Gasteiger charge is 2.42. The van der Waals surface area contributed by atoms with E-state index in [9.17, 15) is 14.4 Å². The molecule has 1 heterocycles. The Morgan fingerprint density at radius 2 is 1.52 bits per heavy atom. The second-order valence-corrected chi connectivity index (χ2v) is 5.79. The van der Waals surface area contributed by atoms with Gasteiger partial charge in [0.2, 0.25) is 0 Å². The van der Waals surface area contributed by atoms with Gasteiger partial charge in [0, 0.05) is 0 Å². The number of nitrogens with zero attached hydrogens (tertiary/aromatic N) is 1. The largest absolute Gasteiger partial charge is 0.429 e. The van der Waals surface area contributed by atoms with E-state index in [4.69, 9.17) is 4.74 Å². The van der Waals surface area contributed by atoms with Crippen molar-refractivity contribution in [1.82, 2.24) is 4.90 Å². The summed E-state index contributed by atoms with van der Waals surface area (Å²) in [6.07, 6.45) is -1.00. The molecule has 3 amide bonds. The van der Waals surface area contributed by atoms with Gasteiger partial charge in [-0.25, -0.2) is 4.79 Å². The zero-order valence-corrected chi connectivity index (χ0v) is 13.4. The molecule has 0 atom stereocenters. The topological polar surface area (TPSA) is 63.7 Å². The van der Waals surface area contributed by atoms with E-state index in [0.717, 1.165) is 10.9 Å². The monoisotopic (exact) mass is 331 g/mol. The lowest BCUT2D eigenvalue weighted by Crippen LogP contribution is -2.38. The van der Waals surface area contributed by atoms with E-state index in [1.807, 2.05) is 19.1 Å². The Labute approximate surface area is 143 Å². The van der Waals surface area contributed by atoms with Gasteiger partial charge in [0.15, 0.2) is 0 Å². The molecule has 0 aliphatic carbocycles. The Morgan fingerprint density at radius 1 is 0.880 bits per heavy atom. The van der Waals surface area contributed by atoms with Crippen LogP contribution in [0.1, 0.15) is 26.3 Å². The molecule has 0 N–H and O–H groups in total. The van der Waals surface area contributed by atoms with Crippen molar-refractivity contribution in [2.75, 3.05) is 0 Å². The fourth-order valence-electron chi connectivity index (χ4n) is 3.08. The number of imide groups is 3. The van der Waals surface area contributed by atoms with Crippen LogP contribution in [0.25, 0.3) is 10.8 Å². The van der Waals surface area contributed by atoms with Gasteiger partial charge in [-0.15, -0.1) is 0 Å². The van der Waals surface area contributed by atoms with Gasteiger partial charge >= 0.3 is 6.09 Å². The molecule has 3 aromatic carbocycles. The van der Waals surface area contributed by atoms with Crippen molar-refractivity contribution in [2.24, 2.45) is 0 Å². The van der Waals surface area contributed by atoms with Crippen LogP contribution in [0, 0.1) is 6.92 Å². The van der Waals surface area contributed by atoms with Crippen LogP contribution in [0.4, 0.5) is 4.79 Å². The van der Waals surface area contributed by atoms with Gasteiger partial charge in [-0.3, -0.25) is 9.59 Å². The third kappa shape index (κ3) is 2.29.